The van der Waals surface area contributed by atoms with E-state index in [9.17, 15) is 19.5 Å². The smallest absolute Gasteiger partial charge is 0.333 e. The number of carbonyl (C=O) groups is 3. The molecule has 0 amide bonds. The van der Waals surface area contributed by atoms with E-state index in [0.29, 0.717) is 16.7 Å². The predicted molar refractivity (Wildman–Crippen MR) is 110 cm³/mol. The highest BCUT2D eigenvalue weighted by molar-refractivity contribution is 6.00. The number of hydrogen-bond donors (Lipinski definition) is 1. The average Bonchev–Trinajstić information content (AvgIpc) is 3.13. The number of ketones is 1. The third-order valence-corrected chi connectivity index (χ3v) is 6.32. The lowest BCUT2D eigenvalue weighted by Crippen LogP contribution is -2.27. The van der Waals surface area contributed by atoms with Gasteiger partial charge in [-0.15, -0.1) is 6.58 Å². The summed E-state index contributed by atoms with van der Waals surface area (Å²) >= 11 is 0. The maximum Gasteiger partial charge on any atom is 0.333 e. The molecule has 2 rings (SSSR count). The Hall–Kier alpha value is -2.25. The summed E-state index contributed by atoms with van der Waals surface area (Å²) < 4.78 is 15.5. The van der Waals surface area contributed by atoms with Gasteiger partial charge in [-0.1, -0.05) is 26.0 Å². The van der Waals surface area contributed by atoms with Gasteiger partial charge < -0.3 is 19.3 Å². The molecule has 7 nitrogen and oxygen atoms in total. The summed E-state index contributed by atoms with van der Waals surface area (Å²) in [6, 6.07) is 0. The standard InChI is InChI=1S/C23H32O7/c1-8-18(28-6)17(25)10-14-13(3)19(11-16(14)24)30-22(27)20-15(23(20,4)5)9-12(2)21(26)29-7/h8-9,15,17-20,25H,1,10-11H2,2-7H3/t15-,17-,18-,19?,20-/m0/s1. The van der Waals surface area contributed by atoms with E-state index >= 15 is 0 Å². The summed E-state index contributed by atoms with van der Waals surface area (Å²) in [5, 5.41) is 10.3. The summed E-state index contributed by atoms with van der Waals surface area (Å²) in [6.45, 7) is 10.9. The molecular weight excluding hydrogens is 388 g/mol. The van der Waals surface area contributed by atoms with Gasteiger partial charge in [0.05, 0.1) is 25.6 Å². The van der Waals surface area contributed by atoms with E-state index in [4.69, 9.17) is 14.2 Å². The largest absolute Gasteiger partial charge is 0.466 e. The Kier molecular flexibility index (Phi) is 7.42. The summed E-state index contributed by atoms with van der Waals surface area (Å²) in [4.78, 5) is 36.9. The van der Waals surface area contributed by atoms with Gasteiger partial charge in [-0.25, -0.2) is 4.79 Å². The van der Waals surface area contributed by atoms with E-state index in [0.717, 1.165) is 0 Å². The molecule has 1 saturated carbocycles. The monoisotopic (exact) mass is 420 g/mol. The fourth-order valence-corrected chi connectivity index (χ4v) is 4.15. The second-order valence-corrected chi connectivity index (χ2v) is 8.59. The minimum absolute atomic E-state index is 0.0697. The third-order valence-electron chi connectivity index (χ3n) is 6.32. The molecule has 0 heterocycles. The number of Topliss-reactive ketones (excluding diaryl/α,β-unsaturated/α-hetero) is 1. The summed E-state index contributed by atoms with van der Waals surface area (Å²) in [5.74, 6) is -1.49. The molecule has 30 heavy (non-hydrogen) atoms. The van der Waals surface area contributed by atoms with Gasteiger partial charge in [-0.2, -0.15) is 0 Å². The van der Waals surface area contributed by atoms with Crippen molar-refractivity contribution in [2.24, 2.45) is 17.3 Å². The number of esters is 2. The molecule has 0 aromatic carbocycles. The zero-order chi connectivity index (χ0) is 22.8. The van der Waals surface area contributed by atoms with Crippen LogP contribution in [0.2, 0.25) is 0 Å². The SMILES string of the molecule is C=C[C@H](OC)[C@@H](O)CC1=C(C)C(OC(=O)[C@@H]2[C@H](C=C(C)C(=O)OC)C2(C)C)CC1=O. The van der Waals surface area contributed by atoms with Crippen molar-refractivity contribution in [3.63, 3.8) is 0 Å². The Morgan fingerprint density at radius 1 is 1.33 bits per heavy atom. The molecule has 1 fully saturated rings. The minimum atomic E-state index is -0.908. The van der Waals surface area contributed by atoms with Crippen molar-refractivity contribution in [3.8, 4) is 0 Å². The molecule has 0 saturated heterocycles. The first-order valence-electron chi connectivity index (χ1n) is 10.0. The number of hydrogen-bond acceptors (Lipinski definition) is 7. The number of rotatable bonds is 9. The first kappa shape index (κ1) is 24.0. The highest BCUT2D eigenvalue weighted by atomic mass is 16.5. The number of aliphatic hydroxyl groups excluding tert-OH is 1. The maximum absolute atomic E-state index is 12.8. The van der Waals surface area contributed by atoms with Gasteiger partial charge in [0.1, 0.15) is 12.2 Å². The van der Waals surface area contributed by atoms with E-state index in [2.05, 4.69) is 6.58 Å². The van der Waals surface area contributed by atoms with Crippen LogP contribution in [0.25, 0.3) is 0 Å². The van der Waals surface area contributed by atoms with Crippen LogP contribution in [0.4, 0.5) is 0 Å². The van der Waals surface area contributed by atoms with Crippen LogP contribution in [-0.2, 0) is 28.6 Å². The van der Waals surface area contributed by atoms with Gasteiger partial charge in [0.25, 0.3) is 0 Å². The van der Waals surface area contributed by atoms with Crippen molar-refractivity contribution in [1.82, 2.24) is 0 Å². The van der Waals surface area contributed by atoms with E-state index in [1.807, 2.05) is 13.8 Å². The molecular formula is C23H32O7. The second kappa shape index (κ2) is 9.27. The van der Waals surface area contributed by atoms with E-state index in [1.54, 1.807) is 19.9 Å². The Labute approximate surface area is 177 Å². The Morgan fingerprint density at radius 3 is 2.50 bits per heavy atom. The van der Waals surface area contributed by atoms with Crippen LogP contribution in [-0.4, -0.2) is 55.4 Å². The van der Waals surface area contributed by atoms with Crippen LogP contribution < -0.4 is 0 Å². The molecule has 5 atom stereocenters. The zero-order valence-electron chi connectivity index (χ0n) is 18.6. The number of methoxy groups -OCH3 is 2. The highest BCUT2D eigenvalue weighted by Gasteiger charge is 2.62. The molecule has 0 radical (unpaired) electrons. The molecule has 2 aliphatic rings. The van der Waals surface area contributed by atoms with Gasteiger partial charge in [-0.3, -0.25) is 9.59 Å². The van der Waals surface area contributed by atoms with E-state index < -0.39 is 36.2 Å². The van der Waals surface area contributed by atoms with Crippen molar-refractivity contribution in [2.75, 3.05) is 14.2 Å². The fourth-order valence-electron chi connectivity index (χ4n) is 4.15. The van der Waals surface area contributed by atoms with Gasteiger partial charge in [0.15, 0.2) is 5.78 Å². The van der Waals surface area contributed by atoms with Crippen LogP contribution in [0.1, 0.15) is 40.5 Å². The number of allylic oxidation sites excluding steroid dienone is 1. The predicted octanol–water partition coefficient (Wildman–Crippen LogP) is 2.53. The van der Waals surface area contributed by atoms with Crippen molar-refractivity contribution in [3.05, 3.63) is 35.5 Å². The van der Waals surface area contributed by atoms with Crippen LogP contribution >= 0.6 is 0 Å². The topological polar surface area (TPSA) is 99.1 Å². The Balaban J connectivity index is 2.08. The minimum Gasteiger partial charge on any atom is -0.466 e. The molecule has 166 valence electrons. The first-order valence-corrected chi connectivity index (χ1v) is 10.0. The van der Waals surface area contributed by atoms with Crippen LogP contribution in [0.15, 0.2) is 35.5 Å². The molecule has 0 aromatic rings. The quantitative estimate of drug-likeness (QED) is 0.348. The average molecular weight is 421 g/mol. The van der Waals surface area contributed by atoms with E-state index in [1.165, 1.54) is 20.3 Å². The lowest BCUT2D eigenvalue weighted by Gasteiger charge is -2.19. The fraction of sp³-hybridized carbons (Fsp3) is 0.609. The lowest BCUT2D eigenvalue weighted by molar-refractivity contribution is -0.150. The highest BCUT2D eigenvalue weighted by Crippen LogP contribution is 2.60. The van der Waals surface area contributed by atoms with Gasteiger partial charge in [-0.05, 0) is 30.8 Å². The maximum atomic E-state index is 12.8. The molecule has 1 unspecified atom stereocenters. The third kappa shape index (κ3) is 4.73. The number of carbonyl (C=O) groups excluding carboxylic acids is 3. The Bertz CT molecular complexity index is 789. The van der Waals surface area contributed by atoms with Crippen LogP contribution in [0.3, 0.4) is 0 Å². The van der Waals surface area contributed by atoms with Crippen molar-refractivity contribution >= 4 is 17.7 Å². The van der Waals surface area contributed by atoms with Gasteiger partial charge >= 0.3 is 11.9 Å². The second-order valence-electron chi connectivity index (χ2n) is 8.59. The summed E-state index contributed by atoms with van der Waals surface area (Å²) in [7, 11) is 2.77. The van der Waals surface area contributed by atoms with E-state index in [-0.39, 0.29) is 30.0 Å². The van der Waals surface area contributed by atoms with Gasteiger partial charge in [0, 0.05) is 24.7 Å². The molecule has 7 heteroatoms. The van der Waals surface area contributed by atoms with Crippen molar-refractivity contribution in [2.45, 2.75) is 58.8 Å². The van der Waals surface area contributed by atoms with Gasteiger partial charge in [0.2, 0.25) is 0 Å². The van der Waals surface area contributed by atoms with Crippen molar-refractivity contribution in [1.29, 1.82) is 0 Å². The number of aliphatic hydroxyl groups is 1. The molecule has 2 aliphatic carbocycles. The van der Waals surface area contributed by atoms with Crippen LogP contribution in [0, 0.1) is 17.3 Å². The summed E-state index contributed by atoms with van der Waals surface area (Å²) in [6.07, 6.45) is 1.28. The molecule has 0 aromatic heterocycles. The van der Waals surface area contributed by atoms with Crippen molar-refractivity contribution < 1.29 is 33.7 Å². The number of ether oxygens (including phenoxy) is 3. The molecule has 0 spiro atoms. The zero-order valence-corrected chi connectivity index (χ0v) is 18.6. The summed E-state index contributed by atoms with van der Waals surface area (Å²) in [5.41, 5.74) is 1.23. The lowest BCUT2D eigenvalue weighted by atomic mass is 10.0. The normalized spacial score (nSPS) is 27.5. The first-order chi connectivity index (χ1) is 14.0. The Morgan fingerprint density at radius 2 is 1.97 bits per heavy atom. The molecule has 0 aliphatic heterocycles. The molecule has 0 bridgehead atoms. The molecule has 1 N–H and O–H groups in total. The van der Waals surface area contributed by atoms with Crippen LogP contribution in [0.5, 0.6) is 0 Å².